The van der Waals surface area contributed by atoms with Crippen molar-refractivity contribution >= 4 is 16.9 Å². The fraction of sp³-hybridized carbons (Fsp3) is 0.941. The monoisotopic (exact) mass is 346 g/mol. The van der Waals surface area contributed by atoms with Gasteiger partial charge >= 0.3 is 6.09 Å². The van der Waals surface area contributed by atoms with Crippen LogP contribution in [0.1, 0.15) is 60.3 Å². The van der Waals surface area contributed by atoms with Crippen LogP contribution in [0.4, 0.5) is 4.79 Å². The summed E-state index contributed by atoms with van der Waals surface area (Å²) >= 11 is 0. The maximum absolute atomic E-state index is 12.4. The highest BCUT2D eigenvalue weighted by atomic mass is 32.2. The molecule has 1 N–H and O–H groups in total. The van der Waals surface area contributed by atoms with Gasteiger partial charge in [-0.05, 0) is 60.3 Å². The van der Waals surface area contributed by atoms with Crippen LogP contribution in [0.3, 0.4) is 0 Å². The molecule has 0 spiro atoms. The summed E-state index contributed by atoms with van der Waals surface area (Å²) in [5.41, 5.74) is -0.456. The summed E-state index contributed by atoms with van der Waals surface area (Å²) in [7, 11) is -0.792. The molecule has 1 rings (SSSR count). The van der Waals surface area contributed by atoms with Gasteiger partial charge in [-0.25, -0.2) is 4.79 Å². The highest BCUT2D eigenvalue weighted by molar-refractivity contribution is 7.84. The minimum Gasteiger partial charge on any atom is -0.444 e. The Bertz CT molecular complexity index is 409. The van der Waals surface area contributed by atoms with Crippen LogP contribution in [-0.2, 0) is 15.5 Å². The maximum Gasteiger partial charge on any atom is 0.410 e. The molecule has 4 unspecified atom stereocenters. The molecule has 0 aromatic carbocycles. The molecule has 0 bridgehead atoms. The van der Waals surface area contributed by atoms with Gasteiger partial charge in [0.15, 0.2) is 0 Å². The highest BCUT2D eigenvalue weighted by Gasteiger charge is 2.31. The predicted octanol–water partition coefficient (Wildman–Crippen LogP) is 2.91. The fourth-order valence-electron chi connectivity index (χ4n) is 3.17. The van der Waals surface area contributed by atoms with E-state index in [1.807, 2.05) is 25.7 Å². The van der Waals surface area contributed by atoms with E-state index in [-0.39, 0.29) is 24.2 Å². The quantitative estimate of drug-likeness (QED) is 0.803. The zero-order valence-electron chi connectivity index (χ0n) is 15.6. The van der Waals surface area contributed by atoms with Crippen molar-refractivity contribution in [1.29, 1.82) is 0 Å². The third-order valence-electron chi connectivity index (χ3n) is 3.93. The fourth-order valence-corrected chi connectivity index (χ4v) is 3.97. The molecular weight excluding hydrogens is 312 g/mol. The van der Waals surface area contributed by atoms with Gasteiger partial charge in [-0.15, -0.1) is 0 Å². The number of nitrogens with zero attached hydrogens (tertiary/aromatic N) is 1. The maximum atomic E-state index is 12.4. The number of carbonyl (C=O) groups excluding carboxylic acids is 1. The predicted molar refractivity (Wildman–Crippen MR) is 96.2 cm³/mol. The van der Waals surface area contributed by atoms with E-state index < -0.39 is 16.4 Å². The Morgan fingerprint density at radius 3 is 2.52 bits per heavy atom. The summed E-state index contributed by atoms with van der Waals surface area (Å²) in [5.74, 6) is 0.658. The minimum absolute atomic E-state index is 0.197. The number of hydrogen-bond acceptors (Lipinski definition) is 4. The second kappa shape index (κ2) is 9.02. The van der Waals surface area contributed by atoms with Crippen molar-refractivity contribution in [3.63, 3.8) is 0 Å². The van der Waals surface area contributed by atoms with E-state index in [0.717, 1.165) is 32.2 Å². The van der Waals surface area contributed by atoms with Crippen molar-refractivity contribution in [3.05, 3.63) is 0 Å². The molecule has 0 saturated carbocycles. The number of carbonyl (C=O) groups is 1. The van der Waals surface area contributed by atoms with Crippen LogP contribution in [0.5, 0.6) is 0 Å². The van der Waals surface area contributed by atoms with Crippen molar-refractivity contribution in [2.75, 3.05) is 18.6 Å². The number of likely N-dealkylation sites (tertiary alicyclic amines) is 1. The molecule has 23 heavy (non-hydrogen) atoms. The van der Waals surface area contributed by atoms with Gasteiger partial charge in [0.2, 0.25) is 0 Å². The smallest absolute Gasteiger partial charge is 0.410 e. The lowest BCUT2D eigenvalue weighted by Crippen LogP contribution is -2.49. The molecule has 5 nitrogen and oxygen atoms in total. The Kier molecular flexibility index (Phi) is 8.01. The topological polar surface area (TPSA) is 58.6 Å². The SMILES string of the molecule is CC(CC1CCCCN1C(=O)OC(C)(C)C)NC(C)CS(C)=O. The highest BCUT2D eigenvalue weighted by Crippen LogP contribution is 2.23. The van der Waals surface area contributed by atoms with E-state index in [9.17, 15) is 9.00 Å². The van der Waals surface area contributed by atoms with E-state index in [1.165, 1.54) is 0 Å². The Labute approximate surface area is 144 Å². The van der Waals surface area contributed by atoms with Gasteiger partial charge < -0.3 is 15.0 Å². The van der Waals surface area contributed by atoms with Gasteiger partial charge in [-0.1, -0.05) is 0 Å². The average Bonchev–Trinajstić information content (AvgIpc) is 2.35. The molecule has 0 aromatic heterocycles. The Morgan fingerprint density at radius 1 is 1.30 bits per heavy atom. The normalized spacial score (nSPS) is 23.2. The van der Waals surface area contributed by atoms with Crippen LogP contribution < -0.4 is 5.32 Å². The molecule has 1 fully saturated rings. The molecule has 0 aliphatic carbocycles. The van der Waals surface area contributed by atoms with Crippen LogP contribution in [0.25, 0.3) is 0 Å². The number of ether oxygens (including phenoxy) is 1. The van der Waals surface area contributed by atoms with Gasteiger partial charge in [0.25, 0.3) is 0 Å². The Morgan fingerprint density at radius 2 is 1.96 bits per heavy atom. The van der Waals surface area contributed by atoms with Crippen LogP contribution in [0.15, 0.2) is 0 Å². The molecule has 4 atom stereocenters. The van der Waals surface area contributed by atoms with Crippen LogP contribution in [0, 0.1) is 0 Å². The molecule has 1 heterocycles. The largest absolute Gasteiger partial charge is 0.444 e. The standard InChI is InChI=1S/C17H34N2O3S/c1-13(18-14(2)12-23(6)21)11-15-9-7-8-10-19(15)16(20)22-17(3,4)5/h13-15,18H,7-12H2,1-6H3. The van der Waals surface area contributed by atoms with Gasteiger partial charge in [-0.2, -0.15) is 0 Å². The summed E-state index contributed by atoms with van der Waals surface area (Å²) < 4.78 is 16.9. The van der Waals surface area contributed by atoms with Crippen molar-refractivity contribution < 1.29 is 13.7 Å². The summed E-state index contributed by atoms with van der Waals surface area (Å²) in [6, 6.07) is 0.719. The Balaban J connectivity index is 2.57. The van der Waals surface area contributed by atoms with Crippen LogP contribution in [-0.4, -0.2) is 57.5 Å². The third kappa shape index (κ3) is 8.15. The third-order valence-corrected chi connectivity index (χ3v) is 4.90. The summed E-state index contributed by atoms with van der Waals surface area (Å²) in [6.45, 7) is 10.7. The first kappa shape index (κ1) is 20.4. The number of piperidine rings is 1. The zero-order chi connectivity index (χ0) is 17.6. The lowest BCUT2D eigenvalue weighted by Gasteiger charge is -2.38. The molecule has 1 aliphatic heterocycles. The van der Waals surface area contributed by atoms with Gasteiger partial charge in [-0.3, -0.25) is 4.21 Å². The lowest BCUT2D eigenvalue weighted by atomic mass is 9.96. The van der Waals surface area contributed by atoms with Gasteiger partial charge in [0.05, 0.1) is 0 Å². The molecule has 6 heteroatoms. The first-order valence-electron chi connectivity index (χ1n) is 8.64. The van der Waals surface area contributed by atoms with E-state index in [4.69, 9.17) is 4.74 Å². The molecule has 0 aromatic rings. The molecular formula is C17H34N2O3S. The minimum atomic E-state index is -0.792. The van der Waals surface area contributed by atoms with E-state index >= 15 is 0 Å². The van der Waals surface area contributed by atoms with E-state index in [0.29, 0.717) is 5.75 Å². The molecule has 1 saturated heterocycles. The number of rotatable bonds is 6. The van der Waals surface area contributed by atoms with Crippen molar-refractivity contribution in [1.82, 2.24) is 10.2 Å². The van der Waals surface area contributed by atoms with Crippen molar-refractivity contribution in [3.8, 4) is 0 Å². The molecule has 1 amide bonds. The van der Waals surface area contributed by atoms with E-state index in [2.05, 4.69) is 19.2 Å². The summed E-state index contributed by atoms with van der Waals surface area (Å²) in [6.07, 6.45) is 5.67. The zero-order valence-corrected chi connectivity index (χ0v) is 16.4. The number of hydrogen-bond donors (Lipinski definition) is 1. The first-order valence-corrected chi connectivity index (χ1v) is 10.4. The second-order valence-electron chi connectivity index (χ2n) is 7.77. The van der Waals surface area contributed by atoms with Crippen molar-refractivity contribution in [2.24, 2.45) is 0 Å². The number of amides is 1. The molecule has 0 radical (unpaired) electrons. The second-order valence-corrected chi connectivity index (χ2v) is 9.25. The molecule has 1 aliphatic rings. The van der Waals surface area contributed by atoms with E-state index in [1.54, 1.807) is 6.26 Å². The first-order chi connectivity index (χ1) is 10.6. The number of nitrogens with one attached hydrogen (secondary N) is 1. The van der Waals surface area contributed by atoms with Crippen LogP contribution in [0.2, 0.25) is 0 Å². The molecule has 136 valence electrons. The summed E-state index contributed by atoms with van der Waals surface area (Å²) in [5, 5.41) is 3.49. The van der Waals surface area contributed by atoms with Crippen molar-refractivity contribution in [2.45, 2.75) is 84.0 Å². The van der Waals surface area contributed by atoms with Gasteiger partial charge in [0.1, 0.15) is 5.60 Å². The lowest BCUT2D eigenvalue weighted by molar-refractivity contribution is 0.00784. The summed E-state index contributed by atoms with van der Waals surface area (Å²) in [4.78, 5) is 14.3. The van der Waals surface area contributed by atoms with Gasteiger partial charge in [0, 0.05) is 47.5 Å². The Hall–Kier alpha value is -0.620. The van der Waals surface area contributed by atoms with Crippen LogP contribution >= 0.6 is 0 Å². The average molecular weight is 347 g/mol.